The third-order valence-electron chi connectivity index (χ3n) is 8.46. The molecule has 0 saturated carbocycles. The Labute approximate surface area is 309 Å². The van der Waals surface area contributed by atoms with Crippen LogP contribution in [0, 0.1) is 11.8 Å². The predicted molar refractivity (Wildman–Crippen MR) is 198 cm³/mol. The second-order valence-electron chi connectivity index (χ2n) is 14.0. The summed E-state index contributed by atoms with van der Waals surface area (Å²) in [6.45, 7) is 7.35. The maximum absolute atomic E-state index is 14.1. The Morgan fingerprint density at radius 1 is 1.06 bits per heavy atom. The number of rotatable bonds is 18. The standard InChI is InChI=1S/C36H49N7O7S2/c1-24(2)18-41(52(49,50)29-14-12-27(13-15-29)17-37-48)20-31(44)30(16-26-10-8-7-9-11-26)39-35(46)34(25(3)4)43-22-33(45)42(36(43)47)19-28-23-51-32(38-28)21-40(5)6/h7-15,17,23-25,30-31,34,44,48H,16,18-22H2,1-6H3,(H,39,46)/t30-,31-,34-/m0/s1. The highest BCUT2D eigenvalue weighted by Gasteiger charge is 2.44. The van der Waals surface area contributed by atoms with E-state index in [-0.39, 0.29) is 43.4 Å². The van der Waals surface area contributed by atoms with Gasteiger partial charge in [-0.25, -0.2) is 18.2 Å². The summed E-state index contributed by atoms with van der Waals surface area (Å²) < 4.78 is 29.0. The number of carbonyl (C=O) groups excluding carboxylic acids is 3. The van der Waals surface area contributed by atoms with Crippen molar-refractivity contribution in [2.24, 2.45) is 17.0 Å². The highest BCUT2D eigenvalue weighted by molar-refractivity contribution is 7.89. The minimum atomic E-state index is -4.10. The van der Waals surface area contributed by atoms with Crippen LogP contribution in [-0.2, 0) is 39.1 Å². The van der Waals surface area contributed by atoms with Gasteiger partial charge in [0, 0.05) is 25.0 Å². The van der Waals surface area contributed by atoms with Gasteiger partial charge in [-0.1, -0.05) is 75.3 Å². The normalized spacial score (nSPS) is 15.8. The summed E-state index contributed by atoms with van der Waals surface area (Å²) in [6, 6.07) is 12.4. The van der Waals surface area contributed by atoms with Crippen molar-refractivity contribution >= 4 is 45.4 Å². The first-order chi connectivity index (χ1) is 24.6. The van der Waals surface area contributed by atoms with Crippen molar-refractivity contribution in [3.8, 4) is 0 Å². The number of oxime groups is 1. The third kappa shape index (κ3) is 10.4. The number of aromatic nitrogens is 1. The van der Waals surface area contributed by atoms with Crippen LogP contribution in [0.4, 0.5) is 4.79 Å². The van der Waals surface area contributed by atoms with Gasteiger partial charge in [-0.2, -0.15) is 4.31 Å². The van der Waals surface area contributed by atoms with Gasteiger partial charge in [-0.05, 0) is 55.6 Å². The van der Waals surface area contributed by atoms with Gasteiger partial charge in [0.1, 0.15) is 17.6 Å². The average molecular weight is 756 g/mol. The molecule has 282 valence electrons. The van der Waals surface area contributed by atoms with Gasteiger partial charge in [0.05, 0.1) is 35.5 Å². The molecule has 52 heavy (non-hydrogen) atoms. The number of imide groups is 1. The number of amides is 4. The number of carbonyl (C=O) groups is 3. The van der Waals surface area contributed by atoms with Crippen LogP contribution < -0.4 is 5.32 Å². The van der Waals surface area contributed by atoms with Gasteiger partial charge >= 0.3 is 6.03 Å². The number of nitrogens with one attached hydrogen (secondary N) is 1. The lowest BCUT2D eigenvalue weighted by molar-refractivity contribution is -0.129. The first kappa shape index (κ1) is 40.5. The molecule has 0 unspecified atom stereocenters. The van der Waals surface area contributed by atoms with Crippen LogP contribution in [-0.4, -0.2) is 119 Å². The first-order valence-electron chi connectivity index (χ1n) is 17.1. The zero-order chi connectivity index (χ0) is 38.2. The molecule has 0 spiro atoms. The van der Waals surface area contributed by atoms with Crippen molar-refractivity contribution in [1.82, 2.24) is 29.3 Å². The van der Waals surface area contributed by atoms with E-state index < -0.39 is 52.0 Å². The van der Waals surface area contributed by atoms with E-state index in [1.807, 2.05) is 68.6 Å². The van der Waals surface area contributed by atoms with Crippen LogP contribution in [0.25, 0.3) is 0 Å². The monoisotopic (exact) mass is 755 g/mol. The summed E-state index contributed by atoms with van der Waals surface area (Å²) in [7, 11) is -0.251. The molecule has 1 fully saturated rings. The van der Waals surface area contributed by atoms with Crippen LogP contribution in [0.2, 0.25) is 0 Å². The summed E-state index contributed by atoms with van der Waals surface area (Å²) in [5.74, 6) is -1.52. The summed E-state index contributed by atoms with van der Waals surface area (Å²) >= 11 is 1.44. The van der Waals surface area contributed by atoms with Crippen molar-refractivity contribution in [3.63, 3.8) is 0 Å². The number of hydrogen-bond acceptors (Lipinski definition) is 11. The largest absolute Gasteiger partial charge is 0.411 e. The van der Waals surface area contributed by atoms with Crippen molar-refractivity contribution in [2.45, 2.75) is 70.3 Å². The van der Waals surface area contributed by atoms with E-state index in [0.29, 0.717) is 17.8 Å². The third-order valence-corrected chi connectivity index (χ3v) is 11.2. The zero-order valence-electron chi connectivity index (χ0n) is 30.4. The maximum atomic E-state index is 14.1. The van der Waals surface area contributed by atoms with Crippen LogP contribution in [0.5, 0.6) is 0 Å². The first-order valence-corrected chi connectivity index (χ1v) is 19.4. The van der Waals surface area contributed by atoms with E-state index in [4.69, 9.17) is 5.21 Å². The zero-order valence-corrected chi connectivity index (χ0v) is 32.0. The van der Waals surface area contributed by atoms with E-state index in [9.17, 15) is 27.9 Å². The SMILES string of the molecule is CC(C)CN(C[C@H](O)[C@H](Cc1ccccc1)NC(=O)[C@H](C(C)C)N1CC(=O)N(Cc2csc(CN(C)C)n2)C1=O)S(=O)(=O)c1ccc(C=NO)cc1. The number of aliphatic hydroxyl groups is 1. The van der Waals surface area contributed by atoms with Gasteiger partial charge in [-0.15, -0.1) is 11.3 Å². The van der Waals surface area contributed by atoms with Crippen LogP contribution in [0.1, 0.15) is 49.5 Å². The molecule has 3 aromatic rings. The Kier molecular flexibility index (Phi) is 14.0. The molecule has 0 radical (unpaired) electrons. The Balaban J connectivity index is 1.57. The number of urea groups is 1. The van der Waals surface area contributed by atoms with E-state index >= 15 is 0 Å². The van der Waals surface area contributed by atoms with Crippen molar-refractivity contribution in [3.05, 3.63) is 81.8 Å². The van der Waals surface area contributed by atoms with Gasteiger partial charge in [0.2, 0.25) is 15.9 Å². The minimum absolute atomic E-state index is 0.00713. The lowest BCUT2D eigenvalue weighted by Crippen LogP contribution is -2.57. The van der Waals surface area contributed by atoms with Crippen LogP contribution >= 0.6 is 11.3 Å². The van der Waals surface area contributed by atoms with Gasteiger partial charge in [0.15, 0.2) is 0 Å². The Morgan fingerprint density at radius 3 is 2.33 bits per heavy atom. The highest BCUT2D eigenvalue weighted by Crippen LogP contribution is 2.24. The number of hydrogen-bond donors (Lipinski definition) is 3. The fourth-order valence-corrected chi connectivity index (χ4v) is 8.56. The molecule has 4 rings (SSSR count). The molecule has 2 heterocycles. The summed E-state index contributed by atoms with van der Waals surface area (Å²) in [4.78, 5) is 49.9. The van der Waals surface area contributed by atoms with Crippen LogP contribution in [0.15, 0.2) is 70.0 Å². The molecule has 1 aliphatic rings. The van der Waals surface area contributed by atoms with Gasteiger partial charge in [-0.3, -0.25) is 14.5 Å². The molecule has 1 saturated heterocycles. The fourth-order valence-electron chi connectivity index (χ4n) is 6.04. The Morgan fingerprint density at radius 2 is 1.73 bits per heavy atom. The molecule has 1 aliphatic heterocycles. The molecule has 4 amide bonds. The second kappa shape index (κ2) is 18.0. The Bertz CT molecular complexity index is 1800. The number of thiazole rings is 1. The molecule has 0 bridgehead atoms. The molecular formula is C36H49N7O7S2. The molecule has 1 aromatic heterocycles. The molecule has 14 nitrogen and oxygen atoms in total. The quantitative estimate of drug-likeness (QED) is 0.0762. The highest BCUT2D eigenvalue weighted by atomic mass is 32.2. The minimum Gasteiger partial charge on any atom is -0.411 e. The molecule has 3 N–H and O–H groups in total. The Hall–Kier alpha value is -4.22. The lowest BCUT2D eigenvalue weighted by atomic mass is 9.97. The lowest BCUT2D eigenvalue weighted by Gasteiger charge is -2.34. The summed E-state index contributed by atoms with van der Waals surface area (Å²) in [6.07, 6.45) is -0.0134. The van der Waals surface area contributed by atoms with E-state index in [1.165, 1.54) is 51.0 Å². The molecule has 2 aromatic carbocycles. The van der Waals surface area contributed by atoms with Gasteiger partial charge < -0.3 is 25.4 Å². The molecule has 16 heteroatoms. The van der Waals surface area contributed by atoms with Crippen molar-refractivity contribution in [1.29, 1.82) is 0 Å². The van der Waals surface area contributed by atoms with Crippen molar-refractivity contribution in [2.75, 3.05) is 33.7 Å². The maximum Gasteiger partial charge on any atom is 0.328 e. The summed E-state index contributed by atoms with van der Waals surface area (Å²) in [5, 5.41) is 29.2. The molecule has 3 atom stereocenters. The number of nitrogens with zero attached hydrogens (tertiary/aromatic N) is 6. The van der Waals surface area contributed by atoms with Gasteiger partial charge in [0.25, 0.3) is 5.91 Å². The van der Waals surface area contributed by atoms with E-state index in [0.717, 1.165) is 15.5 Å². The summed E-state index contributed by atoms with van der Waals surface area (Å²) in [5.41, 5.74) is 1.88. The van der Waals surface area contributed by atoms with Crippen LogP contribution in [0.3, 0.4) is 0 Å². The second-order valence-corrected chi connectivity index (χ2v) is 16.8. The molecule has 0 aliphatic carbocycles. The van der Waals surface area contributed by atoms with E-state index in [2.05, 4.69) is 15.5 Å². The van der Waals surface area contributed by atoms with Crippen molar-refractivity contribution < 1.29 is 33.1 Å². The van der Waals surface area contributed by atoms with E-state index in [1.54, 1.807) is 13.8 Å². The number of benzene rings is 2. The predicted octanol–water partition coefficient (Wildman–Crippen LogP) is 3.24. The smallest absolute Gasteiger partial charge is 0.328 e. The molecular weight excluding hydrogens is 707 g/mol. The topological polar surface area (TPSA) is 176 Å². The fraction of sp³-hybridized carbons (Fsp3) is 0.472. The number of aliphatic hydroxyl groups excluding tert-OH is 1. The number of sulfonamides is 1. The average Bonchev–Trinajstić information content (AvgIpc) is 3.63.